The third kappa shape index (κ3) is 3.35. The van der Waals surface area contributed by atoms with Crippen molar-refractivity contribution >= 4 is 23.6 Å². The first-order chi connectivity index (χ1) is 13.1. The molecule has 1 aromatic carbocycles. The number of aromatic nitrogens is 3. The van der Waals surface area contributed by atoms with Crippen LogP contribution in [0.25, 0.3) is 11.4 Å². The maximum Gasteiger partial charge on any atom is 0.203 e. The fourth-order valence-electron chi connectivity index (χ4n) is 3.84. The van der Waals surface area contributed by atoms with Crippen molar-refractivity contribution in [2.45, 2.75) is 39.5 Å². The zero-order valence-electron chi connectivity index (χ0n) is 15.9. The number of nitrogens with zero attached hydrogens (tertiary/aromatic N) is 3. The van der Waals surface area contributed by atoms with Gasteiger partial charge in [-0.1, -0.05) is 0 Å². The van der Waals surface area contributed by atoms with Crippen LogP contribution in [0.2, 0.25) is 0 Å². The molecule has 27 heavy (non-hydrogen) atoms. The number of hydrogen-bond donors (Lipinski definition) is 1. The Morgan fingerprint density at radius 2 is 2.07 bits per heavy atom. The third-order valence-corrected chi connectivity index (χ3v) is 6.90. The molecule has 1 N–H and O–H groups in total. The Bertz CT molecular complexity index is 986. The van der Waals surface area contributed by atoms with E-state index in [0.29, 0.717) is 6.04 Å². The van der Waals surface area contributed by atoms with Gasteiger partial charge in [-0.2, -0.15) is 4.68 Å². The summed E-state index contributed by atoms with van der Waals surface area (Å²) in [6.07, 6.45) is 1.14. The Balaban J connectivity index is 1.64. The largest absolute Gasteiger partial charge is 0.497 e. The minimum Gasteiger partial charge on any atom is -0.497 e. The van der Waals surface area contributed by atoms with Crippen LogP contribution in [0.4, 0.5) is 0 Å². The monoisotopic (exact) mass is 401 g/mol. The number of nitrogens with one attached hydrogen (secondary N) is 1. The van der Waals surface area contributed by atoms with E-state index in [1.807, 2.05) is 40.3 Å². The van der Waals surface area contributed by atoms with Gasteiger partial charge in [0.1, 0.15) is 11.8 Å². The van der Waals surface area contributed by atoms with Crippen LogP contribution in [0.15, 0.2) is 35.7 Å². The van der Waals surface area contributed by atoms with Gasteiger partial charge in [0, 0.05) is 29.0 Å². The first kappa shape index (κ1) is 18.4. The molecule has 3 aromatic rings. The molecule has 4 rings (SSSR count). The molecule has 142 valence electrons. The van der Waals surface area contributed by atoms with Gasteiger partial charge < -0.3 is 14.2 Å². The van der Waals surface area contributed by atoms with Crippen LogP contribution in [0.1, 0.15) is 30.3 Å². The molecule has 0 saturated carbocycles. The number of benzene rings is 1. The van der Waals surface area contributed by atoms with E-state index < -0.39 is 0 Å². The van der Waals surface area contributed by atoms with Crippen molar-refractivity contribution < 1.29 is 9.64 Å². The lowest BCUT2D eigenvalue weighted by atomic mass is 10.0. The maximum absolute atomic E-state index is 5.76. The Labute approximate surface area is 168 Å². The van der Waals surface area contributed by atoms with Crippen LogP contribution in [-0.2, 0) is 19.6 Å². The second-order valence-corrected chi connectivity index (χ2v) is 8.28. The number of hydrogen-bond acceptors (Lipinski definition) is 4. The molecule has 5 nitrogen and oxygen atoms in total. The Kier molecular flexibility index (Phi) is 5.16. The van der Waals surface area contributed by atoms with Crippen molar-refractivity contribution in [3.8, 4) is 17.1 Å². The van der Waals surface area contributed by atoms with Gasteiger partial charge in [-0.3, -0.25) is 0 Å². The van der Waals surface area contributed by atoms with Gasteiger partial charge in [0.25, 0.3) is 0 Å². The molecule has 1 unspecified atom stereocenters. The summed E-state index contributed by atoms with van der Waals surface area (Å²) >= 11 is 7.64. The van der Waals surface area contributed by atoms with Gasteiger partial charge >= 0.3 is 0 Å². The van der Waals surface area contributed by atoms with Gasteiger partial charge in [0.05, 0.1) is 13.7 Å². The highest BCUT2D eigenvalue weighted by Gasteiger charge is 2.29. The molecule has 7 heteroatoms. The van der Waals surface area contributed by atoms with Crippen LogP contribution in [0, 0.1) is 4.77 Å². The highest BCUT2D eigenvalue weighted by Crippen LogP contribution is 2.25. The van der Waals surface area contributed by atoms with Crippen LogP contribution < -0.4 is 9.64 Å². The smallest absolute Gasteiger partial charge is 0.203 e. The zero-order chi connectivity index (χ0) is 19.0. The van der Waals surface area contributed by atoms with Crippen molar-refractivity contribution in [3.05, 3.63) is 50.9 Å². The van der Waals surface area contributed by atoms with Gasteiger partial charge in [-0.15, -0.1) is 16.4 Å². The first-order valence-electron chi connectivity index (χ1n) is 9.35. The van der Waals surface area contributed by atoms with Crippen molar-refractivity contribution in [2.75, 3.05) is 13.7 Å². The predicted octanol–water partition coefficient (Wildman–Crippen LogP) is 3.33. The fraction of sp³-hybridized carbons (Fsp3) is 0.400. The zero-order valence-corrected chi connectivity index (χ0v) is 17.6. The number of ether oxygens (including phenoxy) is 1. The molecule has 3 heterocycles. The lowest BCUT2D eigenvalue weighted by Crippen LogP contribution is -3.12. The molecular formula is C20H25N4OS2+. The maximum atomic E-state index is 5.76. The summed E-state index contributed by atoms with van der Waals surface area (Å²) in [6.45, 7) is 7.15. The summed E-state index contributed by atoms with van der Waals surface area (Å²) in [7, 11) is 1.68. The molecule has 0 fully saturated rings. The lowest BCUT2D eigenvalue weighted by molar-refractivity contribution is -0.954. The van der Waals surface area contributed by atoms with Crippen molar-refractivity contribution in [3.63, 3.8) is 0 Å². The molecule has 0 bridgehead atoms. The highest BCUT2D eigenvalue weighted by molar-refractivity contribution is 7.71. The van der Waals surface area contributed by atoms with E-state index in [4.69, 9.17) is 22.1 Å². The minimum atomic E-state index is 0.470. The van der Waals surface area contributed by atoms with Crippen molar-refractivity contribution in [2.24, 2.45) is 0 Å². The molecule has 2 atom stereocenters. The average molecular weight is 402 g/mol. The number of methoxy groups -OCH3 is 1. The van der Waals surface area contributed by atoms with E-state index in [1.165, 1.54) is 15.3 Å². The van der Waals surface area contributed by atoms with Gasteiger partial charge in [-0.25, -0.2) is 0 Å². The lowest BCUT2D eigenvalue weighted by Gasteiger charge is -2.30. The van der Waals surface area contributed by atoms with Crippen molar-refractivity contribution in [1.82, 2.24) is 14.3 Å². The van der Waals surface area contributed by atoms with E-state index in [9.17, 15) is 0 Å². The molecule has 0 amide bonds. The first-order valence-corrected chi connectivity index (χ1v) is 10.6. The SMILES string of the molecule is CCn1c(-c2ccc(OC)cc2)nn(C[NH+]2CCc3sccc3[C@H]2C)c1=S. The molecule has 0 spiro atoms. The average Bonchev–Trinajstić information content (AvgIpc) is 3.29. The number of fused-ring (bicyclic) bond motifs is 1. The molecule has 1 aliphatic heterocycles. The van der Waals surface area contributed by atoms with Gasteiger partial charge in [-0.05, 0) is 61.8 Å². The molecule has 0 saturated heterocycles. The van der Waals surface area contributed by atoms with E-state index in [0.717, 1.165) is 48.1 Å². The summed E-state index contributed by atoms with van der Waals surface area (Å²) in [5.74, 6) is 1.77. The van der Waals surface area contributed by atoms with Crippen LogP contribution >= 0.6 is 23.6 Å². The topological polar surface area (TPSA) is 36.4 Å². The van der Waals surface area contributed by atoms with Crippen LogP contribution in [0.5, 0.6) is 5.75 Å². The van der Waals surface area contributed by atoms with Crippen LogP contribution in [-0.4, -0.2) is 28.0 Å². The number of rotatable bonds is 5. The van der Waals surface area contributed by atoms with Gasteiger partial charge in [0.2, 0.25) is 4.77 Å². The summed E-state index contributed by atoms with van der Waals surface area (Å²) in [4.78, 5) is 3.05. The summed E-state index contributed by atoms with van der Waals surface area (Å²) in [5.41, 5.74) is 2.54. The molecular weight excluding hydrogens is 376 g/mol. The van der Waals surface area contributed by atoms with E-state index in [2.05, 4.69) is 29.9 Å². The van der Waals surface area contributed by atoms with Crippen molar-refractivity contribution in [1.29, 1.82) is 0 Å². The van der Waals surface area contributed by atoms with E-state index >= 15 is 0 Å². The highest BCUT2D eigenvalue weighted by atomic mass is 32.1. The Hall–Kier alpha value is -1.96. The second-order valence-electron chi connectivity index (χ2n) is 6.92. The van der Waals surface area contributed by atoms with Crippen LogP contribution in [0.3, 0.4) is 0 Å². The minimum absolute atomic E-state index is 0.470. The van der Waals surface area contributed by atoms with Gasteiger partial charge in [0.15, 0.2) is 12.5 Å². The third-order valence-electron chi connectivity index (χ3n) is 5.47. The fourth-order valence-corrected chi connectivity index (χ4v) is 5.14. The number of quaternary nitrogens is 1. The number of thiophene rings is 1. The second kappa shape index (κ2) is 7.58. The Morgan fingerprint density at radius 1 is 1.30 bits per heavy atom. The summed E-state index contributed by atoms with van der Waals surface area (Å²) < 4.78 is 10.2. The Morgan fingerprint density at radius 3 is 2.78 bits per heavy atom. The molecule has 2 aromatic heterocycles. The molecule has 0 aliphatic carbocycles. The molecule has 1 aliphatic rings. The normalized spacial score (nSPS) is 19.1. The summed E-state index contributed by atoms with van der Waals surface area (Å²) in [6, 6.07) is 10.8. The standard InChI is InChI=1S/C20H24N4OS2/c1-4-23-19(15-5-7-16(25-3)8-6-15)21-24(20(23)26)13-22-11-9-18-17(14(22)2)10-12-27-18/h5-8,10,12,14H,4,9,11,13H2,1-3H3/p+1/t14-/m1/s1. The van der Waals surface area contributed by atoms with E-state index in [-0.39, 0.29) is 0 Å². The summed E-state index contributed by atoms with van der Waals surface area (Å²) in [5, 5.41) is 7.11. The quantitative estimate of drug-likeness (QED) is 0.666. The van der Waals surface area contributed by atoms with E-state index in [1.54, 1.807) is 7.11 Å². The predicted molar refractivity (Wildman–Crippen MR) is 111 cm³/mol. The molecule has 0 radical (unpaired) electrons.